The number of carbonyl (C=O) groups is 3. The van der Waals surface area contributed by atoms with Gasteiger partial charge in [0.1, 0.15) is 23.4 Å². The molecule has 3 aromatic rings. The number of aromatic nitrogens is 2. The van der Waals surface area contributed by atoms with Crippen LogP contribution in [-0.2, 0) is 9.59 Å². The number of nitrogens with two attached hydrogens (primary N) is 2. The summed E-state index contributed by atoms with van der Waals surface area (Å²) in [5.74, 6) is -6.75. The minimum absolute atomic E-state index is 0.230. The number of nitrogens with zero attached hydrogens (tertiary/aromatic N) is 3. The SMILES string of the molecule is CCC(C(=O)C(C)N)C(N)C(=O)NC1CCCN1c1nc2c(cc1F)c(=O)c(C(=O)O)cn2-c1ccc(F)cc1F. The van der Waals surface area contributed by atoms with E-state index in [-0.39, 0.29) is 35.9 Å². The first-order valence-corrected chi connectivity index (χ1v) is 12.9. The highest BCUT2D eigenvalue weighted by Gasteiger charge is 2.35. The minimum Gasteiger partial charge on any atom is -0.477 e. The molecule has 1 amide bonds. The summed E-state index contributed by atoms with van der Waals surface area (Å²) in [4.78, 5) is 55.7. The van der Waals surface area contributed by atoms with Gasteiger partial charge in [-0.3, -0.25) is 19.0 Å². The van der Waals surface area contributed by atoms with E-state index < -0.39 is 69.9 Å². The summed E-state index contributed by atoms with van der Waals surface area (Å²) in [6, 6.07) is 1.29. The van der Waals surface area contributed by atoms with Crippen LogP contribution >= 0.6 is 0 Å². The van der Waals surface area contributed by atoms with E-state index in [9.17, 15) is 33.1 Å². The summed E-state index contributed by atoms with van der Waals surface area (Å²) >= 11 is 0. The molecule has 1 aliphatic rings. The van der Waals surface area contributed by atoms with Crippen molar-refractivity contribution in [2.24, 2.45) is 17.4 Å². The molecular formula is C27H29F3N6O5. The van der Waals surface area contributed by atoms with Crippen molar-refractivity contribution in [2.75, 3.05) is 11.4 Å². The Bertz CT molecular complexity index is 1590. The number of halogens is 3. The molecule has 11 nitrogen and oxygen atoms in total. The van der Waals surface area contributed by atoms with Crippen molar-refractivity contribution in [1.29, 1.82) is 0 Å². The molecule has 6 N–H and O–H groups in total. The molecule has 218 valence electrons. The third-order valence-electron chi connectivity index (χ3n) is 7.14. The van der Waals surface area contributed by atoms with Crippen molar-refractivity contribution in [3.63, 3.8) is 0 Å². The molecular weight excluding hydrogens is 545 g/mol. The summed E-state index contributed by atoms with van der Waals surface area (Å²) in [5, 5.41) is 11.8. The first-order chi connectivity index (χ1) is 19.3. The molecule has 4 rings (SSSR count). The highest BCUT2D eigenvalue weighted by molar-refractivity contribution is 5.94. The van der Waals surface area contributed by atoms with Gasteiger partial charge in [-0.25, -0.2) is 22.9 Å². The predicted octanol–water partition coefficient (Wildman–Crippen LogP) is 1.81. The number of fused-ring (bicyclic) bond motifs is 1. The van der Waals surface area contributed by atoms with Crippen molar-refractivity contribution in [1.82, 2.24) is 14.9 Å². The zero-order valence-electron chi connectivity index (χ0n) is 22.2. The number of aromatic carboxylic acids is 1. The van der Waals surface area contributed by atoms with Gasteiger partial charge in [-0.15, -0.1) is 0 Å². The van der Waals surface area contributed by atoms with Crippen molar-refractivity contribution in [3.05, 3.63) is 63.7 Å². The summed E-state index contributed by atoms with van der Waals surface area (Å²) < 4.78 is 44.8. The Labute approximate surface area is 231 Å². The lowest BCUT2D eigenvalue weighted by Crippen LogP contribution is -2.55. The number of ketones is 1. The van der Waals surface area contributed by atoms with Crippen LogP contribution in [0, 0.1) is 23.4 Å². The van der Waals surface area contributed by atoms with Crippen LogP contribution < -0.4 is 27.1 Å². The van der Waals surface area contributed by atoms with Crippen LogP contribution in [0.15, 0.2) is 35.3 Å². The molecule has 0 bridgehead atoms. The third kappa shape index (κ3) is 5.65. The van der Waals surface area contributed by atoms with E-state index in [1.54, 1.807) is 6.92 Å². The number of pyridine rings is 2. The van der Waals surface area contributed by atoms with E-state index in [2.05, 4.69) is 10.3 Å². The van der Waals surface area contributed by atoms with Gasteiger partial charge < -0.3 is 26.8 Å². The topological polar surface area (TPSA) is 174 Å². The van der Waals surface area contributed by atoms with Crippen molar-refractivity contribution < 1.29 is 32.7 Å². The van der Waals surface area contributed by atoms with Crippen LogP contribution in [0.2, 0.25) is 0 Å². The monoisotopic (exact) mass is 574 g/mol. The molecule has 1 saturated heterocycles. The second kappa shape index (κ2) is 11.7. The summed E-state index contributed by atoms with van der Waals surface area (Å²) in [5.41, 5.74) is 9.34. The maximum atomic E-state index is 15.5. The number of amides is 1. The van der Waals surface area contributed by atoms with Crippen LogP contribution in [0.3, 0.4) is 0 Å². The van der Waals surface area contributed by atoms with Gasteiger partial charge in [-0.1, -0.05) is 6.92 Å². The second-order valence-corrected chi connectivity index (χ2v) is 9.90. The largest absolute Gasteiger partial charge is 0.477 e. The number of hydrogen-bond acceptors (Lipinski definition) is 8. The molecule has 41 heavy (non-hydrogen) atoms. The number of benzene rings is 1. The average molecular weight is 575 g/mol. The third-order valence-corrected chi connectivity index (χ3v) is 7.14. The fourth-order valence-electron chi connectivity index (χ4n) is 5.01. The first-order valence-electron chi connectivity index (χ1n) is 12.9. The van der Waals surface area contributed by atoms with Gasteiger partial charge in [-0.05, 0) is 44.4 Å². The molecule has 1 aliphatic heterocycles. The van der Waals surface area contributed by atoms with Crippen LogP contribution in [0.1, 0.15) is 43.5 Å². The number of carboxylic acid groups (broad SMARTS) is 1. The van der Waals surface area contributed by atoms with Gasteiger partial charge in [0.05, 0.1) is 23.2 Å². The normalized spacial score (nSPS) is 17.3. The smallest absolute Gasteiger partial charge is 0.341 e. The number of nitrogens with one attached hydrogen (secondary N) is 1. The van der Waals surface area contributed by atoms with E-state index in [0.717, 1.165) is 29.0 Å². The molecule has 3 heterocycles. The van der Waals surface area contributed by atoms with E-state index in [4.69, 9.17) is 11.5 Å². The van der Waals surface area contributed by atoms with E-state index in [0.29, 0.717) is 18.9 Å². The minimum atomic E-state index is -1.63. The van der Waals surface area contributed by atoms with Gasteiger partial charge in [0.25, 0.3) is 0 Å². The Morgan fingerprint density at radius 2 is 1.88 bits per heavy atom. The number of hydrogen-bond donors (Lipinski definition) is 4. The van der Waals surface area contributed by atoms with Gasteiger partial charge in [0.15, 0.2) is 23.1 Å². The van der Waals surface area contributed by atoms with E-state index in [1.165, 1.54) is 11.8 Å². The fraction of sp³-hybridized carbons (Fsp3) is 0.370. The predicted molar refractivity (Wildman–Crippen MR) is 143 cm³/mol. The van der Waals surface area contributed by atoms with Crippen LogP contribution in [0.5, 0.6) is 0 Å². The summed E-state index contributed by atoms with van der Waals surface area (Å²) in [6.07, 6.45) is 1.19. The van der Waals surface area contributed by atoms with Gasteiger partial charge in [0, 0.05) is 24.7 Å². The summed E-state index contributed by atoms with van der Waals surface area (Å²) in [7, 11) is 0. The Morgan fingerprint density at radius 1 is 1.17 bits per heavy atom. The molecule has 14 heteroatoms. The number of Topliss-reactive ketones (excluding diaryl/α,β-unsaturated/α-hetero) is 1. The number of anilines is 1. The number of carbonyl (C=O) groups excluding carboxylic acids is 2. The molecule has 0 saturated carbocycles. The Hall–Kier alpha value is -4.30. The Kier molecular flexibility index (Phi) is 8.44. The summed E-state index contributed by atoms with van der Waals surface area (Å²) in [6.45, 7) is 3.43. The molecule has 1 aromatic carbocycles. The molecule has 4 atom stereocenters. The maximum absolute atomic E-state index is 15.5. The first kappa shape index (κ1) is 29.7. The van der Waals surface area contributed by atoms with Gasteiger partial charge in [0.2, 0.25) is 11.3 Å². The zero-order valence-corrected chi connectivity index (χ0v) is 22.2. The van der Waals surface area contributed by atoms with E-state index in [1.807, 2.05) is 0 Å². The van der Waals surface area contributed by atoms with Crippen molar-refractivity contribution in [2.45, 2.75) is 51.4 Å². The van der Waals surface area contributed by atoms with Gasteiger partial charge >= 0.3 is 5.97 Å². The number of rotatable bonds is 9. The van der Waals surface area contributed by atoms with Gasteiger partial charge in [-0.2, -0.15) is 0 Å². The zero-order chi connectivity index (χ0) is 30.2. The Morgan fingerprint density at radius 3 is 2.49 bits per heavy atom. The lowest BCUT2D eigenvalue weighted by Gasteiger charge is -2.29. The quantitative estimate of drug-likeness (QED) is 0.297. The molecule has 4 unspecified atom stereocenters. The van der Waals surface area contributed by atoms with Crippen LogP contribution in [0.4, 0.5) is 19.0 Å². The average Bonchev–Trinajstić information content (AvgIpc) is 3.37. The van der Waals surface area contributed by atoms with Crippen molar-refractivity contribution >= 4 is 34.5 Å². The highest BCUT2D eigenvalue weighted by Crippen LogP contribution is 2.29. The molecule has 0 aliphatic carbocycles. The molecule has 0 radical (unpaired) electrons. The lowest BCUT2D eigenvalue weighted by molar-refractivity contribution is -0.131. The molecule has 0 spiro atoms. The lowest BCUT2D eigenvalue weighted by atomic mass is 9.89. The molecule has 2 aromatic heterocycles. The maximum Gasteiger partial charge on any atom is 0.341 e. The van der Waals surface area contributed by atoms with Crippen LogP contribution in [0.25, 0.3) is 16.7 Å². The Balaban J connectivity index is 1.78. The standard InChI is InChI=1S/C27H29F3N6O5/c1-3-14(22(37)12(2)31)21(32)26(39)33-20-5-4-8-35(20)25-18(30)10-15-23(38)16(27(40)41)11-36(24(15)34-25)19-7-6-13(28)9-17(19)29/h6-7,9-12,14,20-21H,3-5,8,31-32H2,1-2H3,(H,33,39)(H,40,41). The van der Waals surface area contributed by atoms with E-state index >= 15 is 4.39 Å². The van der Waals surface area contributed by atoms with Crippen molar-refractivity contribution in [3.8, 4) is 5.69 Å². The fourth-order valence-corrected chi connectivity index (χ4v) is 5.01. The van der Waals surface area contributed by atoms with Crippen LogP contribution in [-0.4, -0.2) is 57.1 Å². The second-order valence-electron chi connectivity index (χ2n) is 9.90. The molecule has 1 fully saturated rings. The number of carboxylic acids is 1. The highest BCUT2D eigenvalue weighted by atomic mass is 19.1.